The predicted octanol–water partition coefficient (Wildman–Crippen LogP) is 2.17. The maximum atomic E-state index is 5.62. The van der Waals surface area contributed by atoms with Gasteiger partial charge in [0, 0.05) is 18.2 Å². The minimum absolute atomic E-state index is 0.828. The number of hydrogen-bond donors (Lipinski definition) is 1. The second kappa shape index (κ2) is 5.80. The first-order chi connectivity index (χ1) is 9.04. The van der Waals surface area contributed by atoms with Crippen LogP contribution in [0.3, 0.4) is 0 Å². The molecule has 0 bridgehead atoms. The summed E-state index contributed by atoms with van der Waals surface area (Å²) in [5, 5.41) is 4.27. The molecule has 1 aromatic carbocycles. The highest BCUT2D eigenvalue weighted by atomic mass is 28.4. The Hall–Kier alpha value is -1.94. The molecule has 1 aliphatic rings. The smallest absolute Gasteiger partial charge is 0.278 e. The van der Waals surface area contributed by atoms with Crippen LogP contribution < -0.4 is 4.99 Å². The number of hydrogen-bond acceptors (Lipinski definition) is 2. The number of oxime groups is 1. The summed E-state index contributed by atoms with van der Waals surface area (Å²) in [7, 11) is -1.65. The lowest BCUT2D eigenvalue weighted by Crippen LogP contribution is -2.68. The van der Waals surface area contributed by atoms with Crippen molar-refractivity contribution in [3.63, 3.8) is 0 Å². The lowest BCUT2D eigenvalue weighted by Gasteiger charge is -2.13. The zero-order valence-corrected chi connectivity index (χ0v) is 12.6. The van der Waals surface area contributed by atoms with Crippen LogP contribution in [-0.4, -0.2) is 19.7 Å². The summed E-state index contributed by atoms with van der Waals surface area (Å²) >= 11 is 0. The Kier molecular flexibility index (Phi) is 4.12. The van der Waals surface area contributed by atoms with Gasteiger partial charge in [0.1, 0.15) is 0 Å². The average molecular weight is 271 g/mol. The monoisotopic (exact) mass is 271 g/mol. The SMILES string of the molecule is C[Si](C)(C)O/N=C1\C=CC=CC1=[NH+]c1ccccc1. The first-order valence-corrected chi connectivity index (χ1v) is 9.76. The van der Waals surface area contributed by atoms with Crippen LogP contribution in [0.15, 0.2) is 59.8 Å². The van der Waals surface area contributed by atoms with Crippen LogP contribution in [0.1, 0.15) is 0 Å². The molecule has 98 valence electrons. The van der Waals surface area contributed by atoms with E-state index in [1.54, 1.807) is 0 Å². The van der Waals surface area contributed by atoms with Crippen molar-refractivity contribution in [2.75, 3.05) is 0 Å². The van der Waals surface area contributed by atoms with E-state index in [0.717, 1.165) is 17.1 Å². The second-order valence-corrected chi connectivity index (χ2v) is 9.71. The molecule has 1 aliphatic carbocycles. The first-order valence-electron chi connectivity index (χ1n) is 6.35. The van der Waals surface area contributed by atoms with Gasteiger partial charge in [-0.25, -0.2) is 4.99 Å². The summed E-state index contributed by atoms with van der Waals surface area (Å²) in [4.78, 5) is 3.35. The molecule has 1 N–H and O–H groups in total. The fourth-order valence-corrected chi connectivity index (χ4v) is 1.89. The number of para-hydroxylation sites is 1. The van der Waals surface area contributed by atoms with E-state index < -0.39 is 8.32 Å². The van der Waals surface area contributed by atoms with E-state index in [9.17, 15) is 0 Å². The highest BCUT2D eigenvalue weighted by Crippen LogP contribution is 2.05. The maximum absolute atomic E-state index is 5.62. The van der Waals surface area contributed by atoms with Crippen LogP contribution in [0, 0.1) is 0 Å². The van der Waals surface area contributed by atoms with Crippen LogP contribution in [0.5, 0.6) is 0 Å². The third-order valence-corrected chi connectivity index (χ3v) is 3.01. The zero-order valence-electron chi connectivity index (χ0n) is 11.6. The lowest BCUT2D eigenvalue weighted by atomic mass is 10.1. The van der Waals surface area contributed by atoms with Crippen LogP contribution in [0.25, 0.3) is 0 Å². The van der Waals surface area contributed by atoms with E-state index in [2.05, 4.69) is 29.8 Å². The highest BCUT2D eigenvalue weighted by Gasteiger charge is 2.19. The van der Waals surface area contributed by atoms with Gasteiger partial charge in [-0.2, -0.15) is 0 Å². The normalized spacial score (nSPS) is 19.1. The molecule has 0 saturated carbocycles. The second-order valence-electron chi connectivity index (χ2n) is 5.30. The molecule has 0 amide bonds. The summed E-state index contributed by atoms with van der Waals surface area (Å²) in [5.41, 5.74) is 2.82. The quantitative estimate of drug-likeness (QED) is 0.510. The Bertz CT molecular complexity index is 551. The average Bonchev–Trinajstić information content (AvgIpc) is 2.38. The summed E-state index contributed by atoms with van der Waals surface area (Å²) in [6.45, 7) is 6.34. The van der Waals surface area contributed by atoms with Crippen molar-refractivity contribution in [3.05, 3.63) is 54.6 Å². The zero-order chi connectivity index (χ0) is 13.7. The van der Waals surface area contributed by atoms with Crippen molar-refractivity contribution in [1.29, 1.82) is 0 Å². The van der Waals surface area contributed by atoms with Gasteiger partial charge >= 0.3 is 0 Å². The highest BCUT2D eigenvalue weighted by molar-refractivity contribution is 6.69. The van der Waals surface area contributed by atoms with Gasteiger partial charge in [-0.15, -0.1) is 0 Å². The van der Waals surface area contributed by atoms with Crippen molar-refractivity contribution in [2.24, 2.45) is 5.16 Å². The molecule has 0 unspecified atom stereocenters. The topological polar surface area (TPSA) is 35.6 Å². The molecule has 0 radical (unpaired) electrons. The van der Waals surface area contributed by atoms with Crippen LogP contribution in [0.4, 0.5) is 5.69 Å². The number of rotatable bonds is 3. The van der Waals surface area contributed by atoms with E-state index in [1.807, 2.05) is 54.6 Å². The lowest BCUT2D eigenvalue weighted by molar-refractivity contribution is -0.350. The fraction of sp³-hybridized carbons (Fsp3) is 0.200. The van der Waals surface area contributed by atoms with Gasteiger partial charge in [-0.1, -0.05) is 35.5 Å². The Morgan fingerprint density at radius 2 is 1.68 bits per heavy atom. The molecule has 0 heterocycles. The Morgan fingerprint density at radius 1 is 1.00 bits per heavy atom. The van der Waals surface area contributed by atoms with Crippen LogP contribution in [0.2, 0.25) is 19.6 Å². The number of benzene rings is 1. The van der Waals surface area contributed by atoms with Crippen molar-refractivity contribution in [3.8, 4) is 0 Å². The van der Waals surface area contributed by atoms with E-state index in [4.69, 9.17) is 4.53 Å². The minimum Gasteiger partial charge on any atom is -0.455 e. The first kappa shape index (κ1) is 13.5. The van der Waals surface area contributed by atoms with Crippen LogP contribution in [-0.2, 0) is 4.53 Å². The molecule has 0 aromatic heterocycles. The summed E-state index contributed by atoms with van der Waals surface area (Å²) in [6, 6.07) is 10.0. The molecule has 3 nitrogen and oxygen atoms in total. The summed E-state index contributed by atoms with van der Waals surface area (Å²) < 4.78 is 5.62. The molecule has 19 heavy (non-hydrogen) atoms. The third kappa shape index (κ3) is 4.33. The molecule has 0 aliphatic heterocycles. The molecule has 4 heteroatoms. The predicted molar refractivity (Wildman–Crippen MR) is 82.2 cm³/mol. The molecular formula is C15H19N2OSi+. The maximum Gasteiger partial charge on any atom is 0.278 e. The summed E-state index contributed by atoms with van der Waals surface area (Å²) in [6.07, 6.45) is 7.90. The Balaban J connectivity index is 2.25. The fourth-order valence-electron chi connectivity index (χ4n) is 1.52. The molecule has 0 saturated heterocycles. The largest absolute Gasteiger partial charge is 0.455 e. The van der Waals surface area contributed by atoms with E-state index in [0.29, 0.717) is 0 Å². The molecule has 1 aromatic rings. The summed E-state index contributed by atoms with van der Waals surface area (Å²) in [5.74, 6) is 0. The van der Waals surface area contributed by atoms with Gasteiger partial charge in [0.15, 0.2) is 5.71 Å². The molecular weight excluding hydrogens is 252 g/mol. The Morgan fingerprint density at radius 3 is 2.37 bits per heavy atom. The van der Waals surface area contributed by atoms with E-state index >= 15 is 0 Å². The van der Waals surface area contributed by atoms with Crippen molar-refractivity contribution < 1.29 is 9.52 Å². The minimum atomic E-state index is -1.65. The molecule has 0 spiro atoms. The number of nitrogens with one attached hydrogen (secondary N) is 1. The molecule has 0 fully saturated rings. The molecule has 0 atom stereocenters. The number of nitrogens with zero attached hydrogens (tertiary/aromatic N) is 1. The number of allylic oxidation sites excluding steroid dienone is 4. The van der Waals surface area contributed by atoms with Crippen molar-refractivity contribution >= 4 is 25.4 Å². The van der Waals surface area contributed by atoms with E-state index in [1.165, 1.54) is 0 Å². The standard InChI is InChI=1S/C15H18N2OSi/c1-19(2,3)18-17-15-12-8-7-11-14(15)16-13-9-5-4-6-10-13/h4-12H,1-3H3/p+1/b16-14?,17-15+. The van der Waals surface area contributed by atoms with E-state index in [-0.39, 0.29) is 0 Å². The van der Waals surface area contributed by atoms with Crippen molar-refractivity contribution in [1.82, 2.24) is 0 Å². The third-order valence-electron chi connectivity index (χ3n) is 2.37. The van der Waals surface area contributed by atoms with Gasteiger partial charge in [0.25, 0.3) is 8.32 Å². The van der Waals surface area contributed by atoms with Gasteiger partial charge in [0.05, 0.1) is 0 Å². The van der Waals surface area contributed by atoms with Gasteiger partial charge in [-0.3, -0.25) is 0 Å². The van der Waals surface area contributed by atoms with Gasteiger partial charge < -0.3 is 4.53 Å². The molecule has 2 rings (SSSR count). The van der Waals surface area contributed by atoms with Gasteiger partial charge in [-0.05, 0) is 25.7 Å². The van der Waals surface area contributed by atoms with Gasteiger partial charge in [0.2, 0.25) is 11.4 Å². The Labute approximate surface area is 115 Å². The van der Waals surface area contributed by atoms with Crippen molar-refractivity contribution in [2.45, 2.75) is 19.6 Å². The van der Waals surface area contributed by atoms with Crippen LogP contribution >= 0.6 is 0 Å².